The van der Waals surface area contributed by atoms with Crippen LogP contribution in [0.2, 0.25) is 5.02 Å². The number of rotatable bonds is 2. The molecule has 1 aromatic carbocycles. The highest BCUT2D eigenvalue weighted by atomic mass is 35.5. The molecule has 0 aliphatic carbocycles. The number of thiazole rings is 1. The van der Waals surface area contributed by atoms with Gasteiger partial charge < -0.3 is 4.74 Å². The van der Waals surface area contributed by atoms with Crippen molar-refractivity contribution in [3.8, 4) is 10.6 Å². The summed E-state index contributed by atoms with van der Waals surface area (Å²) in [5.41, 5.74) is 0.841. The van der Waals surface area contributed by atoms with Crippen LogP contribution < -0.4 is 0 Å². The zero-order chi connectivity index (χ0) is 13.3. The Morgan fingerprint density at radius 3 is 2.83 bits per heavy atom. The Balaban J connectivity index is 2.45. The molecule has 0 unspecified atom stereocenters. The van der Waals surface area contributed by atoms with E-state index in [-0.39, 0.29) is 10.7 Å². The quantitative estimate of drug-likeness (QED) is 0.790. The monoisotopic (exact) mass is 285 g/mol. The van der Waals surface area contributed by atoms with Gasteiger partial charge in [-0.1, -0.05) is 17.7 Å². The van der Waals surface area contributed by atoms with Crippen molar-refractivity contribution in [2.45, 2.75) is 6.92 Å². The highest BCUT2D eigenvalue weighted by Gasteiger charge is 2.17. The first-order chi connectivity index (χ1) is 8.52. The standard InChI is InChI=1S/C12H9ClFNO2S/c1-6-10(12(16)17-2)15-11(18-6)7-3-4-8(13)9(14)5-7/h3-5H,1-2H3. The summed E-state index contributed by atoms with van der Waals surface area (Å²) in [5.74, 6) is -1.01. The van der Waals surface area contributed by atoms with E-state index in [1.165, 1.54) is 30.6 Å². The van der Waals surface area contributed by atoms with Crippen molar-refractivity contribution in [2.24, 2.45) is 0 Å². The molecule has 1 aromatic heterocycles. The zero-order valence-electron chi connectivity index (χ0n) is 9.66. The van der Waals surface area contributed by atoms with Gasteiger partial charge in [-0.15, -0.1) is 11.3 Å². The predicted molar refractivity (Wildman–Crippen MR) is 68.6 cm³/mol. The fourth-order valence-corrected chi connectivity index (χ4v) is 2.45. The average molecular weight is 286 g/mol. The van der Waals surface area contributed by atoms with Gasteiger partial charge in [0.2, 0.25) is 0 Å². The molecule has 94 valence electrons. The molecule has 2 rings (SSSR count). The number of esters is 1. The van der Waals surface area contributed by atoms with E-state index in [9.17, 15) is 9.18 Å². The van der Waals surface area contributed by atoms with Crippen molar-refractivity contribution < 1.29 is 13.9 Å². The van der Waals surface area contributed by atoms with Gasteiger partial charge in [-0.05, 0) is 19.1 Å². The fraction of sp³-hybridized carbons (Fsp3) is 0.167. The number of hydrogen-bond donors (Lipinski definition) is 0. The summed E-state index contributed by atoms with van der Waals surface area (Å²) in [6, 6.07) is 4.41. The molecule has 0 aliphatic heterocycles. The molecule has 18 heavy (non-hydrogen) atoms. The number of hydrogen-bond acceptors (Lipinski definition) is 4. The molecule has 0 N–H and O–H groups in total. The molecule has 6 heteroatoms. The van der Waals surface area contributed by atoms with Crippen LogP contribution >= 0.6 is 22.9 Å². The first kappa shape index (κ1) is 13.0. The van der Waals surface area contributed by atoms with Gasteiger partial charge in [-0.25, -0.2) is 14.2 Å². The summed E-state index contributed by atoms with van der Waals surface area (Å²) in [6.07, 6.45) is 0. The molecule has 0 fully saturated rings. The van der Waals surface area contributed by atoms with Gasteiger partial charge in [0.15, 0.2) is 5.69 Å². The third-order valence-electron chi connectivity index (χ3n) is 2.34. The van der Waals surface area contributed by atoms with Crippen LogP contribution in [-0.2, 0) is 4.74 Å². The molecule has 2 aromatic rings. The van der Waals surface area contributed by atoms with E-state index in [0.717, 1.165) is 4.88 Å². The van der Waals surface area contributed by atoms with Crippen molar-refractivity contribution >= 4 is 28.9 Å². The number of nitrogens with zero attached hydrogens (tertiary/aromatic N) is 1. The van der Waals surface area contributed by atoms with Gasteiger partial charge >= 0.3 is 5.97 Å². The lowest BCUT2D eigenvalue weighted by atomic mass is 10.2. The summed E-state index contributed by atoms with van der Waals surface area (Å²) in [7, 11) is 1.29. The molecule has 3 nitrogen and oxygen atoms in total. The number of methoxy groups -OCH3 is 1. The van der Waals surface area contributed by atoms with Crippen molar-refractivity contribution in [3.63, 3.8) is 0 Å². The van der Waals surface area contributed by atoms with Crippen molar-refractivity contribution in [3.05, 3.63) is 39.6 Å². The Bertz CT molecular complexity index is 612. The molecule has 0 aliphatic rings. The molecule has 0 saturated carbocycles. The summed E-state index contributed by atoms with van der Waals surface area (Å²) < 4.78 is 18.0. The van der Waals surface area contributed by atoms with E-state index >= 15 is 0 Å². The van der Waals surface area contributed by atoms with Gasteiger partial charge in [0, 0.05) is 10.4 Å². The Labute approximate surface area is 112 Å². The van der Waals surface area contributed by atoms with Gasteiger partial charge in [-0.2, -0.15) is 0 Å². The molecule has 0 radical (unpaired) electrons. The number of carbonyl (C=O) groups is 1. The maximum atomic E-state index is 13.4. The van der Waals surface area contributed by atoms with Crippen LogP contribution in [-0.4, -0.2) is 18.1 Å². The van der Waals surface area contributed by atoms with Gasteiger partial charge in [0.1, 0.15) is 10.8 Å². The lowest BCUT2D eigenvalue weighted by Gasteiger charge is -1.98. The minimum atomic E-state index is -0.512. The molecule has 0 bridgehead atoms. The fourth-order valence-electron chi connectivity index (χ4n) is 1.44. The summed E-state index contributed by atoms with van der Waals surface area (Å²) >= 11 is 6.92. The molecular formula is C12H9ClFNO2S. The second-order valence-electron chi connectivity index (χ2n) is 3.54. The van der Waals surface area contributed by atoms with E-state index in [1.807, 2.05) is 0 Å². The second kappa shape index (κ2) is 5.04. The van der Waals surface area contributed by atoms with Crippen molar-refractivity contribution in [1.82, 2.24) is 4.98 Å². The smallest absolute Gasteiger partial charge is 0.357 e. The number of carbonyl (C=O) groups excluding carboxylic acids is 1. The molecular weight excluding hydrogens is 277 g/mol. The molecule has 0 saturated heterocycles. The highest BCUT2D eigenvalue weighted by Crippen LogP contribution is 2.30. The maximum absolute atomic E-state index is 13.4. The second-order valence-corrected chi connectivity index (χ2v) is 5.15. The Hall–Kier alpha value is -1.46. The lowest BCUT2D eigenvalue weighted by Crippen LogP contribution is -2.03. The number of aromatic nitrogens is 1. The van der Waals surface area contributed by atoms with Crippen LogP contribution in [0.25, 0.3) is 10.6 Å². The van der Waals surface area contributed by atoms with E-state index < -0.39 is 11.8 Å². The van der Waals surface area contributed by atoms with Crippen molar-refractivity contribution in [1.29, 1.82) is 0 Å². The normalized spacial score (nSPS) is 10.4. The average Bonchev–Trinajstić information content (AvgIpc) is 2.74. The molecule has 1 heterocycles. The van der Waals surface area contributed by atoms with Gasteiger partial charge in [-0.3, -0.25) is 0 Å². The van der Waals surface area contributed by atoms with Crippen LogP contribution in [0, 0.1) is 12.7 Å². The lowest BCUT2D eigenvalue weighted by molar-refractivity contribution is 0.0594. The number of benzene rings is 1. The first-order valence-electron chi connectivity index (χ1n) is 5.04. The third-order valence-corrected chi connectivity index (χ3v) is 3.67. The topological polar surface area (TPSA) is 39.2 Å². The summed E-state index contributed by atoms with van der Waals surface area (Å²) in [6.45, 7) is 1.76. The largest absolute Gasteiger partial charge is 0.464 e. The molecule has 0 spiro atoms. The summed E-state index contributed by atoms with van der Waals surface area (Å²) in [5, 5.41) is 0.615. The van der Waals surface area contributed by atoms with Crippen LogP contribution in [0.4, 0.5) is 4.39 Å². The van der Waals surface area contributed by atoms with E-state index in [1.54, 1.807) is 13.0 Å². The first-order valence-corrected chi connectivity index (χ1v) is 6.23. The Kier molecular flexibility index (Phi) is 3.63. The van der Waals surface area contributed by atoms with Crippen molar-refractivity contribution in [2.75, 3.05) is 7.11 Å². The van der Waals surface area contributed by atoms with E-state index in [0.29, 0.717) is 10.6 Å². The summed E-state index contributed by atoms with van der Waals surface area (Å²) in [4.78, 5) is 16.3. The Morgan fingerprint density at radius 1 is 1.50 bits per heavy atom. The molecule has 0 atom stereocenters. The van der Waals surface area contributed by atoms with Crippen LogP contribution in [0.5, 0.6) is 0 Å². The van der Waals surface area contributed by atoms with Crippen LogP contribution in [0.1, 0.15) is 15.4 Å². The van der Waals surface area contributed by atoms with Gasteiger partial charge in [0.05, 0.1) is 12.1 Å². The van der Waals surface area contributed by atoms with Gasteiger partial charge in [0.25, 0.3) is 0 Å². The van der Waals surface area contributed by atoms with E-state index in [2.05, 4.69) is 9.72 Å². The number of halogens is 2. The zero-order valence-corrected chi connectivity index (χ0v) is 11.2. The number of ether oxygens (including phenoxy) is 1. The van der Waals surface area contributed by atoms with Crippen LogP contribution in [0.15, 0.2) is 18.2 Å². The highest BCUT2D eigenvalue weighted by molar-refractivity contribution is 7.15. The molecule has 0 amide bonds. The number of aryl methyl sites for hydroxylation is 1. The van der Waals surface area contributed by atoms with Crippen LogP contribution in [0.3, 0.4) is 0 Å². The Morgan fingerprint density at radius 2 is 2.22 bits per heavy atom. The SMILES string of the molecule is COC(=O)c1nc(-c2ccc(Cl)c(F)c2)sc1C. The predicted octanol–water partition coefficient (Wildman–Crippen LogP) is 3.70. The van der Waals surface area contributed by atoms with E-state index in [4.69, 9.17) is 11.6 Å². The minimum Gasteiger partial charge on any atom is -0.464 e. The minimum absolute atomic E-state index is 0.0558. The maximum Gasteiger partial charge on any atom is 0.357 e. The third kappa shape index (κ3) is 2.37.